The van der Waals surface area contributed by atoms with E-state index < -0.39 is 5.97 Å². The molecule has 5 nitrogen and oxygen atoms in total. The highest BCUT2D eigenvalue weighted by molar-refractivity contribution is 9.10. The van der Waals surface area contributed by atoms with Gasteiger partial charge in [0.05, 0.1) is 11.6 Å². The molecule has 0 aliphatic carbocycles. The van der Waals surface area contributed by atoms with E-state index >= 15 is 0 Å². The minimum atomic E-state index is -0.496. The van der Waals surface area contributed by atoms with Crippen molar-refractivity contribution in [1.82, 2.24) is 0 Å². The van der Waals surface area contributed by atoms with E-state index in [2.05, 4.69) is 42.0 Å². The number of nitrogens with one attached hydrogen (secondary N) is 1. The fourth-order valence-electron chi connectivity index (χ4n) is 3.19. The number of thiophene rings is 1. The SMILES string of the molecule is CCc1ccc(-c2csc(NC(=O)COc3ccc(C(C)C)cc3Br)c2C(=O)OC)cc1. The summed E-state index contributed by atoms with van der Waals surface area (Å²) in [5.74, 6) is 0.126. The van der Waals surface area contributed by atoms with Crippen LogP contribution in [0.3, 0.4) is 0 Å². The highest BCUT2D eigenvalue weighted by Crippen LogP contribution is 2.36. The van der Waals surface area contributed by atoms with Crippen molar-refractivity contribution in [2.45, 2.75) is 33.1 Å². The first-order chi connectivity index (χ1) is 15.3. The van der Waals surface area contributed by atoms with Crippen molar-refractivity contribution in [1.29, 1.82) is 0 Å². The van der Waals surface area contributed by atoms with Crippen molar-refractivity contribution < 1.29 is 19.1 Å². The molecule has 3 aromatic rings. The quantitative estimate of drug-likeness (QED) is 0.340. The lowest BCUT2D eigenvalue weighted by atomic mass is 10.0. The molecule has 1 N–H and O–H groups in total. The van der Waals surface area contributed by atoms with Crippen LogP contribution in [0.5, 0.6) is 5.75 Å². The van der Waals surface area contributed by atoms with Crippen LogP contribution in [0.2, 0.25) is 0 Å². The summed E-state index contributed by atoms with van der Waals surface area (Å²) in [7, 11) is 1.33. The number of benzene rings is 2. The Kier molecular flexibility index (Phi) is 8.10. The lowest BCUT2D eigenvalue weighted by Gasteiger charge is -2.12. The monoisotopic (exact) mass is 515 g/mol. The number of ether oxygens (including phenoxy) is 2. The highest BCUT2D eigenvalue weighted by Gasteiger charge is 2.22. The molecule has 2 aromatic carbocycles. The Hall–Kier alpha value is -2.64. The van der Waals surface area contributed by atoms with Crippen molar-refractivity contribution in [2.24, 2.45) is 0 Å². The van der Waals surface area contributed by atoms with Gasteiger partial charge >= 0.3 is 5.97 Å². The fraction of sp³-hybridized carbons (Fsp3) is 0.280. The average Bonchev–Trinajstić information content (AvgIpc) is 3.20. The van der Waals surface area contributed by atoms with Crippen LogP contribution >= 0.6 is 27.3 Å². The van der Waals surface area contributed by atoms with E-state index in [1.807, 2.05) is 47.8 Å². The van der Waals surface area contributed by atoms with Crippen molar-refractivity contribution in [2.75, 3.05) is 19.0 Å². The van der Waals surface area contributed by atoms with Crippen molar-refractivity contribution >= 4 is 44.1 Å². The number of hydrogen-bond donors (Lipinski definition) is 1. The normalized spacial score (nSPS) is 10.8. The van der Waals surface area contributed by atoms with E-state index in [0.717, 1.165) is 22.0 Å². The minimum Gasteiger partial charge on any atom is -0.483 e. The molecule has 0 aliphatic rings. The van der Waals surface area contributed by atoms with E-state index in [-0.39, 0.29) is 12.5 Å². The second-order valence-electron chi connectivity index (χ2n) is 7.58. The van der Waals surface area contributed by atoms with E-state index in [4.69, 9.17) is 9.47 Å². The third-order valence-electron chi connectivity index (χ3n) is 5.09. The molecular weight excluding hydrogens is 490 g/mol. The van der Waals surface area contributed by atoms with Gasteiger partial charge in [0.1, 0.15) is 16.3 Å². The summed E-state index contributed by atoms with van der Waals surface area (Å²) in [6.07, 6.45) is 0.936. The zero-order valence-electron chi connectivity index (χ0n) is 18.5. The van der Waals surface area contributed by atoms with Gasteiger partial charge in [0.2, 0.25) is 0 Å². The lowest BCUT2D eigenvalue weighted by molar-refractivity contribution is -0.118. The summed E-state index contributed by atoms with van der Waals surface area (Å²) < 4.78 is 11.4. The molecule has 0 saturated carbocycles. The molecule has 168 valence electrons. The topological polar surface area (TPSA) is 64.6 Å². The Morgan fingerprint density at radius 1 is 1.12 bits per heavy atom. The number of rotatable bonds is 8. The molecule has 0 saturated heterocycles. The maximum absolute atomic E-state index is 12.6. The first-order valence-electron chi connectivity index (χ1n) is 10.3. The smallest absolute Gasteiger partial charge is 0.341 e. The third-order valence-corrected chi connectivity index (χ3v) is 6.60. The van der Waals surface area contributed by atoms with Crippen LogP contribution in [0.4, 0.5) is 5.00 Å². The van der Waals surface area contributed by atoms with E-state index in [9.17, 15) is 9.59 Å². The molecule has 0 bridgehead atoms. The molecule has 0 unspecified atom stereocenters. The van der Waals surface area contributed by atoms with Gasteiger partial charge in [0.25, 0.3) is 5.91 Å². The van der Waals surface area contributed by atoms with Crippen LogP contribution in [0, 0.1) is 0 Å². The van der Waals surface area contributed by atoms with Crippen molar-refractivity contribution in [3.8, 4) is 16.9 Å². The molecule has 1 heterocycles. The molecule has 1 amide bonds. The largest absolute Gasteiger partial charge is 0.483 e. The predicted octanol–water partition coefficient (Wildman–Crippen LogP) is 6.67. The Morgan fingerprint density at radius 3 is 2.44 bits per heavy atom. The number of carbonyl (C=O) groups is 2. The van der Waals surface area contributed by atoms with Gasteiger partial charge in [-0.3, -0.25) is 4.79 Å². The van der Waals surface area contributed by atoms with Crippen LogP contribution in [0.15, 0.2) is 52.3 Å². The zero-order valence-corrected chi connectivity index (χ0v) is 20.9. The van der Waals surface area contributed by atoms with Gasteiger partial charge in [-0.05, 0) is 57.1 Å². The second-order valence-corrected chi connectivity index (χ2v) is 9.31. The Labute approximate surface area is 200 Å². The summed E-state index contributed by atoms with van der Waals surface area (Å²) in [6.45, 7) is 6.13. The Morgan fingerprint density at radius 2 is 1.84 bits per heavy atom. The lowest BCUT2D eigenvalue weighted by Crippen LogP contribution is -2.21. The molecule has 1 aromatic heterocycles. The summed E-state index contributed by atoms with van der Waals surface area (Å²) in [6, 6.07) is 13.8. The van der Waals surface area contributed by atoms with Gasteiger partial charge in [-0.2, -0.15) is 0 Å². The summed E-state index contributed by atoms with van der Waals surface area (Å²) in [5.41, 5.74) is 4.35. The van der Waals surface area contributed by atoms with E-state index in [1.165, 1.54) is 29.6 Å². The summed E-state index contributed by atoms with van der Waals surface area (Å²) in [4.78, 5) is 25.1. The molecule has 0 atom stereocenters. The van der Waals surface area contributed by atoms with Crippen LogP contribution in [0.1, 0.15) is 48.2 Å². The van der Waals surface area contributed by atoms with E-state index in [0.29, 0.717) is 22.2 Å². The van der Waals surface area contributed by atoms with Gasteiger partial charge in [0.15, 0.2) is 6.61 Å². The van der Waals surface area contributed by atoms with Crippen molar-refractivity contribution in [3.63, 3.8) is 0 Å². The van der Waals surface area contributed by atoms with Crippen LogP contribution in [0.25, 0.3) is 11.1 Å². The minimum absolute atomic E-state index is 0.182. The molecule has 0 radical (unpaired) electrons. The molecule has 0 aliphatic heterocycles. The van der Waals surface area contributed by atoms with Crippen LogP contribution < -0.4 is 10.1 Å². The maximum atomic E-state index is 12.6. The van der Waals surface area contributed by atoms with Gasteiger partial charge in [-0.25, -0.2) is 4.79 Å². The standard InChI is InChI=1S/C25H26BrNO4S/c1-5-16-6-8-17(9-7-16)19-14-32-24(23(19)25(29)30-4)27-22(28)13-31-21-11-10-18(15(2)3)12-20(21)26/h6-12,14-15H,5,13H2,1-4H3,(H,27,28). The molecule has 3 rings (SSSR count). The molecular formula is C25H26BrNO4S. The number of anilines is 1. The maximum Gasteiger partial charge on any atom is 0.341 e. The number of carbonyl (C=O) groups excluding carboxylic acids is 2. The van der Waals surface area contributed by atoms with Crippen molar-refractivity contribution in [3.05, 3.63) is 69.0 Å². The van der Waals surface area contributed by atoms with E-state index in [1.54, 1.807) is 0 Å². The van der Waals surface area contributed by atoms with Crippen LogP contribution in [-0.2, 0) is 16.0 Å². The predicted molar refractivity (Wildman–Crippen MR) is 133 cm³/mol. The number of esters is 1. The van der Waals surface area contributed by atoms with Gasteiger partial charge in [0, 0.05) is 10.9 Å². The second kappa shape index (κ2) is 10.8. The number of aryl methyl sites for hydroxylation is 1. The zero-order chi connectivity index (χ0) is 23.3. The molecule has 0 spiro atoms. The van der Waals surface area contributed by atoms with Gasteiger partial charge in [-0.15, -0.1) is 11.3 Å². The Bertz CT molecular complexity index is 1110. The van der Waals surface area contributed by atoms with Gasteiger partial charge in [-0.1, -0.05) is 51.1 Å². The number of amides is 1. The highest BCUT2D eigenvalue weighted by atomic mass is 79.9. The van der Waals surface area contributed by atoms with Gasteiger partial charge < -0.3 is 14.8 Å². The number of halogens is 1. The Balaban J connectivity index is 1.75. The van der Waals surface area contributed by atoms with Crippen LogP contribution in [-0.4, -0.2) is 25.6 Å². The third kappa shape index (κ3) is 5.58. The first-order valence-corrected chi connectivity index (χ1v) is 12.0. The number of methoxy groups -OCH3 is 1. The molecule has 32 heavy (non-hydrogen) atoms. The molecule has 7 heteroatoms. The molecule has 0 fully saturated rings. The number of hydrogen-bond acceptors (Lipinski definition) is 5. The first kappa shape index (κ1) is 24.0. The average molecular weight is 516 g/mol. The summed E-state index contributed by atoms with van der Waals surface area (Å²) in [5, 5.41) is 5.09. The summed E-state index contributed by atoms with van der Waals surface area (Å²) >= 11 is 4.78. The fourth-order valence-corrected chi connectivity index (χ4v) is 4.67.